The van der Waals surface area contributed by atoms with E-state index in [9.17, 15) is 9.50 Å². The van der Waals surface area contributed by atoms with Gasteiger partial charge in [0, 0.05) is 5.56 Å². The number of likely N-dealkylation sites (tertiary alicyclic amines) is 1. The van der Waals surface area contributed by atoms with Crippen molar-refractivity contribution in [3.63, 3.8) is 0 Å². The summed E-state index contributed by atoms with van der Waals surface area (Å²) in [5, 5.41) is 14.6. The van der Waals surface area contributed by atoms with Gasteiger partial charge in [0.05, 0.1) is 12.6 Å². The summed E-state index contributed by atoms with van der Waals surface area (Å²) in [5.74, 6) is 1.000. The molecule has 1 atom stereocenters. The summed E-state index contributed by atoms with van der Waals surface area (Å²) in [6.07, 6.45) is 1.44. The van der Waals surface area contributed by atoms with Gasteiger partial charge in [-0.3, -0.25) is 4.90 Å². The molecule has 27 heavy (non-hydrogen) atoms. The van der Waals surface area contributed by atoms with Gasteiger partial charge in [0.25, 0.3) is 0 Å². The number of piperidine rings is 1. The van der Waals surface area contributed by atoms with Crippen LogP contribution < -0.4 is 0 Å². The molecule has 1 unspecified atom stereocenters. The molecule has 5 nitrogen and oxygen atoms in total. The van der Waals surface area contributed by atoms with Gasteiger partial charge in [0.2, 0.25) is 11.7 Å². The number of rotatable bonds is 5. The van der Waals surface area contributed by atoms with Gasteiger partial charge in [-0.25, -0.2) is 4.39 Å². The Morgan fingerprint density at radius 1 is 1.07 bits per heavy atom. The van der Waals surface area contributed by atoms with Crippen molar-refractivity contribution in [3.05, 3.63) is 71.9 Å². The van der Waals surface area contributed by atoms with Crippen molar-refractivity contribution >= 4 is 0 Å². The minimum atomic E-state index is -0.415. The first-order valence-corrected chi connectivity index (χ1v) is 9.23. The highest BCUT2D eigenvalue weighted by molar-refractivity contribution is 5.53. The monoisotopic (exact) mass is 367 g/mol. The maximum absolute atomic E-state index is 13.0. The highest BCUT2D eigenvalue weighted by Gasteiger charge is 2.27. The fraction of sp³-hybridized carbons (Fsp3) is 0.333. The molecule has 6 heteroatoms. The smallest absolute Gasteiger partial charge is 0.241 e. The molecule has 0 aliphatic carbocycles. The Kier molecular flexibility index (Phi) is 5.27. The van der Waals surface area contributed by atoms with Gasteiger partial charge < -0.3 is 9.63 Å². The Bertz CT molecular complexity index is 859. The zero-order chi connectivity index (χ0) is 18.6. The van der Waals surface area contributed by atoms with Crippen LogP contribution in [0.3, 0.4) is 0 Å². The molecule has 1 fully saturated rings. The summed E-state index contributed by atoms with van der Waals surface area (Å²) in [5.41, 5.74) is 1.72. The van der Waals surface area contributed by atoms with Crippen LogP contribution in [0.2, 0.25) is 0 Å². The number of hydrogen-bond acceptors (Lipinski definition) is 5. The first-order valence-electron chi connectivity index (χ1n) is 9.23. The fourth-order valence-corrected chi connectivity index (χ4v) is 3.58. The van der Waals surface area contributed by atoms with Crippen molar-refractivity contribution in [2.75, 3.05) is 13.1 Å². The largest absolute Gasteiger partial charge is 0.388 e. The van der Waals surface area contributed by atoms with Crippen LogP contribution in [-0.2, 0) is 6.54 Å². The second kappa shape index (κ2) is 7.98. The van der Waals surface area contributed by atoms with E-state index in [1.165, 1.54) is 12.1 Å². The first kappa shape index (κ1) is 17.8. The fourth-order valence-electron chi connectivity index (χ4n) is 3.58. The van der Waals surface area contributed by atoms with E-state index in [1.807, 2.05) is 30.3 Å². The van der Waals surface area contributed by atoms with Crippen molar-refractivity contribution in [2.45, 2.75) is 25.5 Å². The van der Waals surface area contributed by atoms with E-state index in [1.54, 1.807) is 12.1 Å². The van der Waals surface area contributed by atoms with Crippen LogP contribution in [0, 0.1) is 11.7 Å². The Labute approximate surface area is 157 Å². The molecule has 3 aromatic rings. The number of benzene rings is 2. The van der Waals surface area contributed by atoms with Crippen LogP contribution in [0.4, 0.5) is 4.39 Å². The van der Waals surface area contributed by atoms with E-state index in [-0.39, 0.29) is 11.7 Å². The van der Waals surface area contributed by atoms with Gasteiger partial charge in [0.15, 0.2) is 0 Å². The third kappa shape index (κ3) is 4.23. The van der Waals surface area contributed by atoms with Crippen LogP contribution in [-0.4, -0.2) is 33.2 Å². The minimum absolute atomic E-state index is 0.265. The quantitative estimate of drug-likeness (QED) is 0.743. The van der Waals surface area contributed by atoms with Crippen molar-refractivity contribution in [1.82, 2.24) is 15.0 Å². The summed E-state index contributed by atoms with van der Waals surface area (Å²) >= 11 is 0. The molecule has 0 radical (unpaired) electrons. The molecule has 1 N–H and O–H groups in total. The molecular weight excluding hydrogens is 345 g/mol. The van der Waals surface area contributed by atoms with Gasteiger partial charge in [-0.05, 0) is 61.7 Å². The molecule has 1 saturated heterocycles. The van der Waals surface area contributed by atoms with Gasteiger partial charge in [0.1, 0.15) is 5.82 Å². The molecule has 1 aromatic heterocycles. The number of nitrogens with zero attached hydrogens (tertiary/aromatic N) is 3. The first-order chi connectivity index (χ1) is 13.2. The molecule has 2 aromatic carbocycles. The molecule has 1 aliphatic heterocycles. The molecule has 2 heterocycles. The number of hydrogen-bond donors (Lipinski definition) is 1. The summed E-state index contributed by atoms with van der Waals surface area (Å²) in [6.45, 7) is 2.34. The lowest BCUT2D eigenvalue weighted by molar-refractivity contribution is 0.0538. The molecule has 140 valence electrons. The lowest BCUT2D eigenvalue weighted by Crippen LogP contribution is -2.35. The zero-order valence-electron chi connectivity index (χ0n) is 15.0. The van der Waals surface area contributed by atoms with Crippen LogP contribution >= 0.6 is 0 Å². The summed E-state index contributed by atoms with van der Waals surface area (Å²) in [4.78, 5) is 6.67. The Balaban J connectivity index is 1.32. The molecule has 0 saturated carbocycles. The van der Waals surface area contributed by atoms with Crippen molar-refractivity contribution in [2.24, 2.45) is 5.92 Å². The number of aromatic nitrogens is 2. The summed E-state index contributed by atoms with van der Waals surface area (Å²) in [7, 11) is 0. The Hall–Kier alpha value is -2.57. The second-order valence-corrected chi connectivity index (χ2v) is 6.99. The average molecular weight is 367 g/mol. The molecular formula is C21H22FN3O2. The summed E-state index contributed by atoms with van der Waals surface area (Å²) < 4.78 is 18.4. The van der Waals surface area contributed by atoms with E-state index in [2.05, 4.69) is 15.0 Å². The predicted octanol–water partition coefficient (Wildman–Crippen LogP) is 3.82. The number of aliphatic hydroxyl groups excluding tert-OH is 1. The lowest BCUT2D eigenvalue weighted by atomic mass is 9.87. The van der Waals surface area contributed by atoms with E-state index < -0.39 is 6.10 Å². The highest BCUT2D eigenvalue weighted by Crippen LogP contribution is 2.31. The number of aliphatic hydroxyl groups is 1. The second-order valence-electron chi connectivity index (χ2n) is 6.99. The van der Waals surface area contributed by atoms with Gasteiger partial charge in [-0.15, -0.1) is 0 Å². The minimum Gasteiger partial charge on any atom is -0.388 e. The zero-order valence-corrected chi connectivity index (χ0v) is 15.0. The van der Waals surface area contributed by atoms with Crippen LogP contribution in [0.15, 0.2) is 59.1 Å². The maximum atomic E-state index is 13.0. The van der Waals surface area contributed by atoms with E-state index >= 15 is 0 Å². The molecule has 0 spiro atoms. The molecule has 1 aliphatic rings. The van der Waals surface area contributed by atoms with Crippen molar-refractivity contribution in [3.8, 4) is 11.4 Å². The topological polar surface area (TPSA) is 62.4 Å². The third-order valence-electron chi connectivity index (χ3n) is 5.15. The lowest BCUT2D eigenvalue weighted by Gasteiger charge is -2.33. The Morgan fingerprint density at radius 3 is 2.48 bits per heavy atom. The van der Waals surface area contributed by atoms with Crippen LogP contribution in [0.25, 0.3) is 11.4 Å². The Morgan fingerprint density at radius 2 is 1.78 bits per heavy atom. The number of halogens is 1. The molecule has 0 amide bonds. The standard InChI is InChI=1S/C21H22FN3O2/c22-18-8-6-17(7-9-18)21-23-19(27-24-21)14-25-12-10-16(11-13-25)20(26)15-4-2-1-3-5-15/h1-9,16,20,26H,10-14H2. The highest BCUT2D eigenvalue weighted by atomic mass is 19.1. The molecule has 0 bridgehead atoms. The van der Waals surface area contributed by atoms with Gasteiger partial charge >= 0.3 is 0 Å². The third-order valence-corrected chi connectivity index (χ3v) is 5.15. The summed E-state index contributed by atoms with van der Waals surface area (Å²) in [6, 6.07) is 15.9. The maximum Gasteiger partial charge on any atom is 0.241 e. The molecule has 4 rings (SSSR count). The van der Waals surface area contributed by atoms with E-state index in [4.69, 9.17) is 4.52 Å². The van der Waals surface area contributed by atoms with Crippen molar-refractivity contribution < 1.29 is 14.0 Å². The average Bonchev–Trinajstić information content (AvgIpc) is 3.18. The normalized spacial score (nSPS) is 17.1. The predicted molar refractivity (Wildman–Crippen MR) is 99.1 cm³/mol. The van der Waals surface area contributed by atoms with Crippen molar-refractivity contribution in [1.29, 1.82) is 0 Å². The van der Waals surface area contributed by atoms with E-state index in [0.29, 0.717) is 18.3 Å². The van der Waals surface area contributed by atoms with Crippen LogP contribution in [0.5, 0.6) is 0 Å². The SMILES string of the molecule is OC(c1ccccc1)C1CCN(Cc2nc(-c3ccc(F)cc3)no2)CC1. The van der Waals surface area contributed by atoms with E-state index in [0.717, 1.165) is 37.1 Å². The van der Waals surface area contributed by atoms with Gasteiger partial charge in [-0.2, -0.15) is 4.98 Å². The van der Waals surface area contributed by atoms with Crippen LogP contribution in [0.1, 0.15) is 30.4 Å². The van der Waals surface area contributed by atoms with Gasteiger partial charge in [-0.1, -0.05) is 35.5 Å².